The monoisotopic (exact) mass is 340 g/mol. The highest BCUT2D eigenvalue weighted by Crippen LogP contribution is 2.58. The van der Waals surface area contributed by atoms with Gasteiger partial charge in [-0.05, 0) is 73.6 Å². The number of halogens is 1. The largest absolute Gasteiger partial charge is 0.392 e. The number of fused-ring (bicyclic) bond motifs is 1. The Morgan fingerprint density at radius 1 is 1.45 bits per heavy atom. The lowest BCUT2D eigenvalue weighted by Crippen LogP contribution is -2.33. The number of allylic oxidation sites excluding steroid dienone is 1. The lowest BCUT2D eigenvalue weighted by Gasteiger charge is -2.42. The van der Waals surface area contributed by atoms with Crippen LogP contribution in [-0.4, -0.2) is 11.7 Å². The van der Waals surface area contributed by atoms with Gasteiger partial charge in [-0.2, -0.15) is 0 Å². The highest BCUT2D eigenvalue weighted by atomic mass is 79.9. The van der Waals surface area contributed by atoms with Gasteiger partial charge < -0.3 is 5.11 Å². The number of aliphatic hydroxyl groups is 1. The molecule has 2 heteroatoms. The average molecular weight is 341 g/mol. The van der Waals surface area contributed by atoms with Crippen LogP contribution in [0.1, 0.15) is 64.7 Å². The quantitative estimate of drug-likeness (QED) is 0.493. The van der Waals surface area contributed by atoms with Crippen molar-refractivity contribution in [1.29, 1.82) is 0 Å². The van der Waals surface area contributed by atoms with Gasteiger partial charge >= 0.3 is 0 Å². The zero-order valence-electron chi connectivity index (χ0n) is 12.8. The molecule has 20 heavy (non-hydrogen) atoms. The molecule has 0 aliphatic heterocycles. The summed E-state index contributed by atoms with van der Waals surface area (Å²) in [5.74, 6) is 1.73. The van der Waals surface area contributed by atoms with Crippen molar-refractivity contribution < 1.29 is 5.11 Å². The van der Waals surface area contributed by atoms with Crippen LogP contribution in [0.3, 0.4) is 0 Å². The third-order valence-electron chi connectivity index (χ3n) is 5.86. The number of aliphatic hydroxyl groups excluding tert-OH is 1. The minimum atomic E-state index is 0.155. The van der Waals surface area contributed by atoms with E-state index in [1.807, 2.05) is 0 Å². The Labute approximate surface area is 132 Å². The average Bonchev–Trinajstić information content (AvgIpc) is 2.79. The van der Waals surface area contributed by atoms with Crippen LogP contribution in [0.2, 0.25) is 0 Å². The number of rotatable bonds is 6. The molecule has 2 rings (SSSR count). The smallest absolute Gasteiger partial charge is 0.0639 e. The van der Waals surface area contributed by atoms with Crippen molar-refractivity contribution in [2.45, 2.75) is 64.7 Å². The van der Waals surface area contributed by atoms with Crippen molar-refractivity contribution in [2.75, 3.05) is 6.61 Å². The maximum absolute atomic E-state index is 8.99. The lowest BCUT2D eigenvalue weighted by molar-refractivity contribution is 0.127. The molecule has 3 atom stereocenters. The van der Waals surface area contributed by atoms with Gasteiger partial charge in [0.1, 0.15) is 0 Å². The van der Waals surface area contributed by atoms with Crippen molar-refractivity contribution in [3.8, 4) is 0 Å². The Hall–Kier alpha value is -0.0800. The molecule has 2 aliphatic carbocycles. The second-order valence-electron chi connectivity index (χ2n) is 7.02. The first-order valence-electron chi connectivity index (χ1n) is 8.18. The second kappa shape index (κ2) is 7.26. The van der Waals surface area contributed by atoms with Crippen LogP contribution >= 0.6 is 15.9 Å². The standard InChI is InChI=1S/C18H29BrO/c1-14(13-20)6-3-4-8-16-9-10-17-15(12-19)7-5-11-18(16,17)2/h12,16-17,20H,1,3-11,13H2,2H3/b15-12+. The molecule has 114 valence electrons. The highest BCUT2D eigenvalue weighted by Gasteiger charge is 2.48. The van der Waals surface area contributed by atoms with Gasteiger partial charge in [0.05, 0.1) is 6.61 Å². The summed E-state index contributed by atoms with van der Waals surface area (Å²) in [6, 6.07) is 0. The van der Waals surface area contributed by atoms with E-state index in [0.29, 0.717) is 5.41 Å². The fourth-order valence-corrected chi connectivity index (χ4v) is 5.14. The topological polar surface area (TPSA) is 20.2 Å². The van der Waals surface area contributed by atoms with Crippen LogP contribution in [0.5, 0.6) is 0 Å². The molecule has 0 aromatic carbocycles. The van der Waals surface area contributed by atoms with Gasteiger partial charge in [-0.25, -0.2) is 0 Å². The van der Waals surface area contributed by atoms with Gasteiger partial charge in [-0.1, -0.05) is 47.0 Å². The first-order chi connectivity index (χ1) is 9.61. The van der Waals surface area contributed by atoms with Crippen molar-refractivity contribution in [1.82, 2.24) is 0 Å². The van der Waals surface area contributed by atoms with Gasteiger partial charge in [-0.3, -0.25) is 0 Å². The maximum Gasteiger partial charge on any atom is 0.0639 e. The zero-order chi connectivity index (χ0) is 14.6. The Morgan fingerprint density at radius 2 is 2.25 bits per heavy atom. The van der Waals surface area contributed by atoms with Crippen LogP contribution in [0.25, 0.3) is 0 Å². The van der Waals surface area contributed by atoms with Crippen LogP contribution < -0.4 is 0 Å². The van der Waals surface area contributed by atoms with Gasteiger partial charge in [0.25, 0.3) is 0 Å². The second-order valence-corrected chi connectivity index (χ2v) is 7.48. The Bertz CT molecular complexity index is 374. The molecule has 2 fully saturated rings. The Kier molecular flexibility index (Phi) is 5.92. The lowest BCUT2D eigenvalue weighted by atomic mass is 9.63. The molecule has 0 radical (unpaired) electrons. The van der Waals surface area contributed by atoms with E-state index in [-0.39, 0.29) is 6.61 Å². The molecule has 0 saturated heterocycles. The molecule has 0 aromatic rings. The molecule has 2 saturated carbocycles. The van der Waals surface area contributed by atoms with Crippen molar-refractivity contribution in [3.63, 3.8) is 0 Å². The minimum Gasteiger partial charge on any atom is -0.392 e. The summed E-state index contributed by atoms with van der Waals surface area (Å²) in [7, 11) is 0. The van der Waals surface area contributed by atoms with Crippen LogP contribution in [0, 0.1) is 17.3 Å². The van der Waals surface area contributed by atoms with E-state index in [0.717, 1.165) is 23.8 Å². The summed E-state index contributed by atoms with van der Waals surface area (Å²) in [4.78, 5) is 2.21. The van der Waals surface area contributed by atoms with Crippen molar-refractivity contribution in [2.24, 2.45) is 17.3 Å². The van der Waals surface area contributed by atoms with Gasteiger partial charge in [0.15, 0.2) is 0 Å². The van der Waals surface area contributed by atoms with Gasteiger partial charge in [-0.15, -0.1) is 0 Å². The van der Waals surface area contributed by atoms with E-state index in [1.54, 1.807) is 5.57 Å². The van der Waals surface area contributed by atoms with E-state index in [2.05, 4.69) is 34.4 Å². The third kappa shape index (κ3) is 3.39. The SMILES string of the molecule is C=C(CO)CCCCC1CCC2/C(=C/Br)CCCC12C. The summed E-state index contributed by atoms with van der Waals surface area (Å²) < 4.78 is 0. The van der Waals surface area contributed by atoms with Crippen molar-refractivity contribution in [3.05, 3.63) is 22.7 Å². The summed E-state index contributed by atoms with van der Waals surface area (Å²) in [5.41, 5.74) is 3.20. The molecule has 0 bridgehead atoms. The minimum absolute atomic E-state index is 0.155. The number of hydrogen-bond donors (Lipinski definition) is 1. The molecule has 0 heterocycles. The van der Waals surface area contributed by atoms with Gasteiger partial charge in [0.2, 0.25) is 0 Å². The van der Waals surface area contributed by atoms with E-state index in [9.17, 15) is 0 Å². The van der Waals surface area contributed by atoms with Crippen LogP contribution in [0.15, 0.2) is 22.7 Å². The van der Waals surface area contributed by atoms with Gasteiger partial charge in [0, 0.05) is 0 Å². The number of hydrogen-bond acceptors (Lipinski definition) is 1. The number of unbranched alkanes of at least 4 members (excludes halogenated alkanes) is 1. The van der Waals surface area contributed by atoms with E-state index in [4.69, 9.17) is 5.11 Å². The van der Waals surface area contributed by atoms with E-state index in [1.165, 1.54) is 51.4 Å². The summed E-state index contributed by atoms with van der Waals surface area (Å²) in [6.07, 6.45) is 11.7. The Morgan fingerprint density at radius 3 is 2.95 bits per heavy atom. The van der Waals surface area contributed by atoms with Crippen LogP contribution in [0.4, 0.5) is 0 Å². The molecule has 0 amide bonds. The first kappa shape index (κ1) is 16.3. The van der Waals surface area contributed by atoms with E-state index < -0.39 is 0 Å². The summed E-state index contributed by atoms with van der Waals surface area (Å²) in [6.45, 7) is 6.57. The summed E-state index contributed by atoms with van der Waals surface area (Å²) >= 11 is 3.58. The zero-order valence-corrected chi connectivity index (χ0v) is 14.4. The molecule has 0 aromatic heterocycles. The van der Waals surface area contributed by atoms with E-state index >= 15 is 0 Å². The molecule has 0 spiro atoms. The highest BCUT2D eigenvalue weighted by molar-refractivity contribution is 9.11. The molecule has 1 N–H and O–H groups in total. The fraction of sp³-hybridized carbons (Fsp3) is 0.778. The normalized spacial score (nSPS) is 35.2. The molecular weight excluding hydrogens is 312 g/mol. The van der Waals surface area contributed by atoms with Crippen LogP contribution in [-0.2, 0) is 0 Å². The fourth-order valence-electron chi connectivity index (χ4n) is 4.60. The molecular formula is C18H29BrO. The maximum atomic E-state index is 8.99. The predicted octanol–water partition coefficient (Wildman–Crippen LogP) is 5.59. The molecule has 3 unspecified atom stereocenters. The predicted molar refractivity (Wildman–Crippen MR) is 89.9 cm³/mol. The first-order valence-corrected chi connectivity index (χ1v) is 9.10. The van der Waals surface area contributed by atoms with Crippen molar-refractivity contribution >= 4 is 15.9 Å². The Balaban J connectivity index is 1.86. The molecule has 1 nitrogen and oxygen atoms in total. The third-order valence-corrected chi connectivity index (χ3v) is 6.45. The summed E-state index contributed by atoms with van der Waals surface area (Å²) in [5, 5.41) is 8.99. The molecule has 2 aliphatic rings.